The largest absolute Gasteiger partial charge is 0.312 e. The summed E-state index contributed by atoms with van der Waals surface area (Å²) in [6.45, 7) is 6.49. The molecular formula is C18H24N2S. The Hall–Kier alpha value is -1.19. The smallest absolute Gasteiger partial charge is 0.0969 e. The van der Waals surface area contributed by atoms with E-state index in [-0.39, 0.29) is 0 Å². The van der Waals surface area contributed by atoms with E-state index in [1.165, 1.54) is 33.1 Å². The van der Waals surface area contributed by atoms with E-state index < -0.39 is 0 Å². The van der Waals surface area contributed by atoms with Crippen molar-refractivity contribution in [3.05, 3.63) is 51.0 Å². The summed E-state index contributed by atoms with van der Waals surface area (Å²) in [7, 11) is 0. The molecular weight excluding hydrogens is 276 g/mol. The third-order valence-corrected chi connectivity index (χ3v) is 5.50. The van der Waals surface area contributed by atoms with Crippen molar-refractivity contribution < 1.29 is 0 Å². The summed E-state index contributed by atoms with van der Waals surface area (Å²) in [6, 6.07) is 8.85. The van der Waals surface area contributed by atoms with Crippen LogP contribution in [0, 0.1) is 0 Å². The highest BCUT2D eigenvalue weighted by atomic mass is 32.1. The van der Waals surface area contributed by atoms with E-state index in [0.717, 1.165) is 32.4 Å². The highest BCUT2D eigenvalue weighted by Crippen LogP contribution is 2.36. The molecule has 0 fully saturated rings. The second kappa shape index (κ2) is 6.71. The van der Waals surface area contributed by atoms with Gasteiger partial charge in [-0.3, -0.25) is 0 Å². The van der Waals surface area contributed by atoms with Crippen molar-refractivity contribution in [1.29, 1.82) is 0 Å². The second-order valence-corrected chi connectivity index (χ2v) is 6.94. The zero-order chi connectivity index (χ0) is 14.7. The minimum Gasteiger partial charge on any atom is -0.312 e. The number of hydrogen-bond donors (Lipinski definition) is 1. The van der Waals surface area contributed by atoms with Crippen LogP contribution in [0.1, 0.15) is 52.9 Å². The molecule has 1 aromatic carbocycles. The molecule has 112 valence electrons. The lowest BCUT2D eigenvalue weighted by Gasteiger charge is -2.03. The minimum atomic E-state index is 0.595. The van der Waals surface area contributed by atoms with Gasteiger partial charge in [-0.25, -0.2) is 4.98 Å². The lowest BCUT2D eigenvalue weighted by atomic mass is 10.1. The van der Waals surface area contributed by atoms with Crippen molar-refractivity contribution in [2.75, 3.05) is 6.54 Å². The number of benzene rings is 1. The summed E-state index contributed by atoms with van der Waals surface area (Å²) < 4.78 is 0. The monoisotopic (exact) mass is 300 g/mol. The van der Waals surface area contributed by atoms with E-state index in [1.54, 1.807) is 0 Å². The van der Waals surface area contributed by atoms with E-state index in [4.69, 9.17) is 4.98 Å². The number of nitrogens with zero attached hydrogens (tertiary/aromatic N) is 1. The lowest BCUT2D eigenvalue weighted by molar-refractivity contribution is 0.676. The number of hydrogen-bond acceptors (Lipinski definition) is 3. The Balaban J connectivity index is 1.75. The molecule has 21 heavy (non-hydrogen) atoms. The van der Waals surface area contributed by atoms with Gasteiger partial charge in [-0.05, 0) is 43.4 Å². The highest BCUT2D eigenvalue weighted by molar-refractivity contribution is 7.11. The molecule has 1 N–H and O–H groups in total. The van der Waals surface area contributed by atoms with Crippen LogP contribution in [0.3, 0.4) is 0 Å². The predicted octanol–water partition coefficient (Wildman–Crippen LogP) is 4.09. The van der Waals surface area contributed by atoms with Crippen molar-refractivity contribution in [3.8, 4) is 0 Å². The Bertz CT molecular complexity index is 578. The molecule has 0 spiro atoms. The average molecular weight is 300 g/mol. The molecule has 0 saturated heterocycles. The van der Waals surface area contributed by atoms with Crippen LogP contribution in [-0.2, 0) is 25.8 Å². The summed E-state index contributed by atoms with van der Waals surface area (Å²) in [4.78, 5) is 6.39. The normalized spacial score (nSPS) is 14.6. The quantitative estimate of drug-likeness (QED) is 0.813. The van der Waals surface area contributed by atoms with Crippen LogP contribution in [0.15, 0.2) is 24.3 Å². The van der Waals surface area contributed by atoms with Crippen molar-refractivity contribution in [3.63, 3.8) is 0 Å². The molecule has 1 aromatic heterocycles. The fraction of sp³-hybridized carbons (Fsp3) is 0.500. The van der Waals surface area contributed by atoms with Crippen LogP contribution < -0.4 is 5.32 Å². The van der Waals surface area contributed by atoms with Crippen LogP contribution in [0.5, 0.6) is 0 Å². The van der Waals surface area contributed by atoms with Crippen molar-refractivity contribution in [2.45, 2.75) is 52.0 Å². The molecule has 0 unspecified atom stereocenters. The maximum Gasteiger partial charge on any atom is 0.0969 e. The van der Waals surface area contributed by atoms with E-state index >= 15 is 0 Å². The number of aromatic nitrogens is 1. The fourth-order valence-corrected chi connectivity index (χ4v) is 4.33. The molecule has 0 aliphatic heterocycles. The van der Waals surface area contributed by atoms with Crippen LogP contribution >= 0.6 is 11.3 Å². The number of fused-ring (bicyclic) bond motifs is 1. The Morgan fingerprint density at radius 3 is 2.52 bits per heavy atom. The number of rotatable bonds is 6. The van der Waals surface area contributed by atoms with Crippen LogP contribution in [0.25, 0.3) is 0 Å². The zero-order valence-electron chi connectivity index (χ0n) is 13.0. The van der Waals surface area contributed by atoms with Gasteiger partial charge in [-0.2, -0.15) is 0 Å². The van der Waals surface area contributed by atoms with Gasteiger partial charge >= 0.3 is 0 Å². The first-order valence-electron chi connectivity index (χ1n) is 8.07. The SMILES string of the molecule is CCCNCc1sc(C2Cc3ccccc3C2)nc1CC. The first-order valence-corrected chi connectivity index (χ1v) is 8.89. The molecule has 0 radical (unpaired) electrons. The van der Waals surface area contributed by atoms with Crippen LogP contribution in [0.2, 0.25) is 0 Å². The highest BCUT2D eigenvalue weighted by Gasteiger charge is 2.25. The molecule has 0 saturated carbocycles. The van der Waals surface area contributed by atoms with E-state index in [2.05, 4.69) is 43.4 Å². The van der Waals surface area contributed by atoms with Gasteiger partial charge in [0.25, 0.3) is 0 Å². The molecule has 2 nitrogen and oxygen atoms in total. The van der Waals surface area contributed by atoms with Gasteiger partial charge in [0.05, 0.1) is 10.7 Å². The Morgan fingerprint density at radius 2 is 1.90 bits per heavy atom. The zero-order valence-corrected chi connectivity index (χ0v) is 13.8. The van der Waals surface area contributed by atoms with Gasteiger partial charge in [0.15, 0.2) is 0 Å². The van der Waals surface area contributed by atoms with Crippen molar-refractivity contribution in [2.24, 2.45) is 0 Å². The topological polar surface area (TPSA) is 24.9 Å². The number of nitrogens with one attached hydrogen (secondary N) is 1. The maximum absolute atomic E-state index is 4.95. The van der Waals surface area contributed by atoms with E-state index in [9.17, 15) is 0 Å². The molecule has 3 heteroatoms. The molecule has 0 bridgehead atoms. The number of thiazole rings is 1. The van der Waals surface area contributed by atoms with Crippen LogP contribution in [-0.4, -0.2) is 11.5 Å². The standard InChI is InChI=1S/C18H24N2S/c1-3-9-19-12-17-16(4-2)20-18(21-17)15-10-13-7-5-6-8-14(13)11-15/h5-8,15,19H,3-4,9-12H2,1-2H3. The lowest BCUT2D eigenvalue weighted by Crippen LogP contribution is -2.13. The predicted molar refractivity (Wildman–Crippen MR) is 90.1 cm³/mol. The Morgan fingerprint density at radius 1 is 1.19 bits per heavy atom. The van der Waals surface area contributed by atoms with Gasteiger partial charge in [-0.15, -0.1) is 11.3 Å². The van der Waals surface area contributed by atoms with Crippen molar-refractivity contribution >= 4 is 11.3 Å². The van der Waals surface area contributed by atoms with Crippen LogP contribution in [0.4, 0.5) is 0 Å². The van der Waals surface area contributed by atoms with E-state index in [0.29, 0.717) is 5.92 Å². The summed E-state index contributed by atoms with van der Waals surface area (Å²) in [5, 5.41) is 4.86. The maximum atomic E-state index is 4.95. The Labute approximate surface area is 131 Å². The fourth-order valence-electron chi connectivity index (χ4n) is 3.10. The van der Waals surface area contributed by atoms with Gasteiger partial charge < -0.3 is 5.32 Å². The molecule has 3 rings (SSSR count). The molecule has 1 aliphatic carbocycles. The summed E-state index contributed by atoms with van der Waals surface area (Å²) in [5.74, 6) is 0.595. The summed E-state index contributed by atoms with van der Waals surface area (Å²) >= 11 is 1.93. The minimum absolute atomic E-state index is 0.595. The first-order chi connectivity index (χ1) is 10.3. The summed E-state index contributed by atoms with van der Waals surface area (Å²) in [5.41, 5.74) is 4.33. The second-order valence-electron chi connectivity index (χ2n) is 5.83. The summed E-state index contributed by atoms with van der Waals surface area (Å²) in [6.07, 6.45) is 4.55. The Kier molecular flexibility index (Phi) is 4.71. The van der Waals surface area contributed by atoms with Crippen molar-refractivity contribution in [1.82, 2.24) is 10.3 Å². The molecule has 1 aliphatic rings. The van der Waals surface area contributed by atoms with Gasteiger partial charge in [0.1, 0.15) is 0 Å². The van der Waals surface area contributed by atoms with E-state index in [1.807, 2.05) is 11.3 Å². The number of aryl methyl sites for hydroxylation is 1. The molecule has 0 amide bonds. The molecule has 1 heterocycles. The molecule has 2 aromatic rings. The van der Waals surface area contributed by atoms with Gasteiger partial charge in [0.2, 0.25) is 0 Å². The van der Waals surface area contributed by atoms with Gasteiger partial charge in [-0.1, -0.05) is 38.1 Å². The third-order valence-electron chi connectivity index (χ3n) is 4.24. The first kappa shape index (κ1) is 14.7. The average Bonchev–Trinajstić information content (AvgIpc) is 3.10. The molecule has 0 atom stereocenters. The third kappa shape index (κ3) is 3.19. The van der Waals surface area contributed by atoms with Gasteiger partial charge in [0, 0.05) is 17.3 Å².